The van der Waals surface area contributed by atoms with Gasteiger partial charge in [0.05, 0.1) is 7.11 Å². The molecule has 7 heteroatoms. The number of amides is 2. The molecule has 1 fully saturated rings. The second-order valence-electron chi connectivity index (χ2n) is 7.09. The molecule has 2 atom stereocenters. The fourth-order valence-electron chi connectivity index (χ4n) is 2.45. The van der Waals surface area contributed by atoms with Gasteiger partial charge >= 0.3 is 12.1 Å². The largest absolute Gasteiger partial charge is 0.467 e. The highest BCUT2D eigenvalue weighted by Crippen LogP contribution is 2.21. The van der Waals surface area contributed by atoms with Gasteiger partial charge in [0.25, 0.3) is 0 Å². The minimum absolute atomic E-state index is 0.109. The van der Waals surface area contributed by atoms with Gasteiger partial charge in [-0.2, -0.15) is 0 Å². The van der Waals surface area contributed by atoms with Crippen molar-refractivity contribution in [2.45, 2.75) is 65.1 Å². The van der Waals surface area contributed by atoms with Crippen LogP contribution in [0.25, 0.3) is 0 Å². The first kappa shape index (κ1) is 19.3. The molecule has 0 aromatic heterocycles. The summed E-state index contributed by atoms with van der Waals surface area (Å²) < 4.78 is 10.1. The molecular weight excluding hydrogens is 300 g/mol. The Morgan fingerprint density at radius 3 is 2.30 bits per heavy atom. The summed E-state index contributed by atoms with van der Waals surface area (Å²) in [6.07, 6.45) is 0.771. The second-order valence-corrected chi connectivity index (χ2v) is 7.09. The van der Waals surface area contributed by atoms with E-state index in [4.69, 9.17) is 9.47 Å². The number of hydrogen-bond acceptors (Lipinski definition) is 5. The number of hydrogen-bond donors (Lipinski definition) is 1. The van der Waals surface area contributed by atoms with E-state index in [0.717, 1.165) is 6.42 Å². The third kappa shape index (κ3) is 5.41. The Hall–Kier alpha value is -1.79. The first-order valence-electron chi connectivity index (χ1n) is 7.94. The summed E-state index contributed by atoms with van der Waals surface area (Å²) in [5, 5.41) is 2.69. The van der Waals surface area contributed by atoms with E-state index >= 15 is 0 Å². The van der Waals surface area contributed by atoms with E-state index in [-0.39, 0.29) is 11.8 Å². The minimum Gasteiger partial charge on any atom is -0.467 e. The van der Waals surface area contributed by atoms with Gasteiger partial charge in [0.1, 0.15) is 17.7 Å². The summed E-state index contributed by atoms with van der Waals surface area (Å²) in [6, 6.07) is -1.34. The lowest BCUT2D eigenvalue weighted by atomic mass is 10.0. The van der Waals surface area contributed by atoms with E-state index in [9.17, 15) is 14.4 Å². The maximum Gasteiger partial charge on any atom is 0.410 e. The zero-order chi connectivity index (χ0) is 17.8. The van der Waals surface area contributed by atoms with Crippen LogP contribution in [0.5, 0.6) is 0 Å². The van der Waals surface area contributed by atoms with Gasteiger partial charge in [-0.3, -0.25) is 9.69 Å². The SMILES string of the molecule is COC(=O)[C@@H](NC(=O)[C@@H]1CCCN1C(=O)OC(C)(C)C)C(C)C. The Kier molecular flexibility index (Phi) is 6.41. The molecule has 1 aliphatic heterocycles. The number of nitrogens with one attached hydrogen (secondary N) is 1. The van der Waals surface area contributed by atoms with Crippen LogP contribution in [0.1, 0.15) is 47.5 Å². The van der Waals surface area contributed by atoms with Gasteiger partial charge in [-0.15, -0.1) is 0 Å². The van der Waals surface area contributed by atoms with Crippen LogP contribution in [0.4, 0.5) is 4.79 Å². The van der Waals surface area contributed by atoms with E-state index in [1.54, 1.807) is 20.8 Å². The molecule has 0 radical (unpaired) electrons. The van der Waals surface area contributed by atoms with Crippen molar-refractivity contribution >= 4 is 18.0 Å². The normalized spacial score (nSPS) is 19.4. The fraction of sp³-hybridized carbons (Fsp3) is 0.812. The smallest absolute Gasteiger partial charge is 0.410 e. The number of ether oxygens (including phenoxy) is 2. The molecule has 1 aliphatic rings. The molecule has 2 amide bonds. The first-order valence-corrected chi connectivity index (χ1v) is 7.94. The Morgan fingerprint density at radius 1 is 1.22 bits per heavy atom. The minimum atomic E-state index is -0.728. The third-order valence-electron chi connectivity index (χ3n) is 3.60. The van der Waals surface area contributed by atoms with Crippen molar-refractivity contribution in [1.82, 2.24) is 10.2 Å². The highest BCUT2D eigenvalue weighted by Gasteiger charge is 2.38. The van der Waals surface area contributed by atoms with E-state index < -0.39 is 29.7 Å². The van der Waals surface area contributed by atoms with Crippen molar-refractivity contribution in [1.29, 1.82) is 0 Å². The standard InChI is InChI=1S/C16H28N2O5/c1-10(2)12(14(20)22-6)17-13(19)11-8-7-9-18(11)15(21)23-16(3,4)5/h10-12H,7-9H2,1-6H3,(H,17,19)/t11-,12-/m0/s1. The summed E-state index contributed by atoms with van der Waals surface area (Å²) in [5.74, 6) is -0.949. The zero-order valence-corrected chi connectivity index (χ0v) is 14.8. The van der Waals surface area contributed by atoms with Gasteiger partial charge in [-0.25, -0.2) is 9.59 Å². The molecular formula is C16H28N2O5. The Bertz CT molecular complexity index is 456. The Morgan fingerprint density at radius 2 is 1.83 bits per heavy atom. The monoisotopic (exact) mass is 328 g/mol. The Labute approximate surface area is 137 Å². The first-order chi connectivity index (χ1) is 10.6. The summed E-state index contributed by atoms with van der Waals surface area (Å²) in [5.41, 5.74) is -0.618. The third-order valence-corrected chi connectivity index (χ3v) is 3.60. The van der Waals surface area contributed by atoms with Crippen molar-refractivity contribution in [3.63, 3.8) is 0 Å². The number of esters is 1. The maximum atomic E-state index is 12.5. The van der Waals surface area contributed by atoms with Gasteiger partial charge in [0, 0.05) is 6.54 Å². The molecule has 0 unspecified atom stereocenters. The van der Waals surface area contributed by atoms with Gasteiger partial charge in [-0.05, 0) is 39.5 Å². The molecule has 132 valence electrons. The molecule has 1 heterocycles. The number of nitrogens with zero attached hydrogens (tertiary/aromatic N) is 1. The lowest BCUT2D eigenvalue weighted by Gasteiger charge is -2.29. The van der Waals surface area contributed by atoms with E-state index in [1.807, 2.05) is 13.8 Å². The van der Waals surface area contributed by atoms with Crippen molar-refractivity contribution < 1.29 is 23.9 Å². The predicted octanol–water partition coefficient (Wildman–Crippen LogP) is 1.70. The van der Waals surface area contributed by atoms with Crippen molar-refractivity contribution in [3.8, 4) is 0 Å². The van der Waals surface area contributed by atoms with Crippen LogP contribution in [0.2, 0.25) is 0 Å². The number of carbonyl (C=O) groups is 3. The lowest BCUT2D eigenvalue weighted by molar-refractivity contribution is -0.146. The molecule has 0 spiro atoms. The second kappa shape index (κ2) is 7.66. The lowest BCUT2D eigenvalue weighted by Crippen LogP contribution is -2.53. The summed E-state index contributed by atoms with van der Waals surface area (Å²) in [7, 11) is 1.28. The van der Waals surface area contributed by atoms with E-state index in [0.29, 0.717) is 13.0 Å². The van der Waals surface area contributed by atoms with E-state index in [2.05, 4.69) is 5.32 Å². The summed E-state index contributed by atoms with van der Waals surface area (Å²) in [4.78, 5) is 37.9. The van der Waals surface area contributed by atoms with Gasteiger partial charge in [0.15, 0.2) is 0 Å². The molecule has 0 saturated carbocycles. The number of methoxy groups -OCH3 is 1. The molecule has 23 heavy (non-hydrogen) atoms. The molecule has 1 rings (SSSR count). The van der Waals surface area contributed by atoms with Crippen LogP contribution in [-0.2, 0) is 19.1 Å². The molecule has 0 aliphatic carbocycles. The van der Waals surface area contributed by atoms with Crippen LogP contribution in [0, 0.1) is 5.92 Å². The van der Waals surface area contributed by atoms with Gasteiger partial charge in [-0.1, -0.05) is 13.8 Å². The van der Waals surface area contributed by atoms with Crippen LogP contribution < -0.4 is 5.32 Å². The highest BCUT2D eigenvalue weighted by atomic mass is 16.6. The average molecular weight is 328 g/mol. The van der Waals surface area contributed by atoms with E-state index in [1.165, 1.54) is 12.0 Å². The van der Waals surface area contributed by atoms with Crippen LogP contribution in [0.15, 0.2) is 0 Å². The number of likely N-dealkylation sites (tertiary alicyclic amines) is 1. The van der Waals surface area contributed by atoms with Crippen LogP contribution in [0.3, 0.4) is 0 Å². The van der Waals surface area contributed by atoms with Crippen molar-refractivity contribution in [3.05, 3.63) is 0 Å². The van der Waals surface area contributed by atoms with Crippen LogP contribution >= 0.6 is 0 Å². The average Bonchev–Trinajstić information content (AvgIpc) is 2.91. The van der Waals surface area contributed by atoms with Crippen molar-refractivity contribution in [2.24, 2.45) is 5.92 Å². The fourth-order valence-corrected chi connectivity index (χ4v) is 2.45. The summed E-state index contributed by atoms with van der Waals surface area (Å²) in [6.45, 7) is 9.45. The molecule has 0 bridgehead atoms. The highest BCUT2D eigenvalue weighted by molar-refractivity contribution is 5.90. The molecule has 7 nitrogen and oxygen atoms in total. The molecule has 0 aromatic rings. The van der Waals surface area contributed by atoms with Gasteiger partial charge in [0.2, 0.25) is 5.91 Å². The molecule has 0 aromatic carbocycles. The number of carbonyl (C=O) groups excluding carboxylic acids is 3. The molecule has 1 N–H and O–H groups in total. The topological polar surface area (TPSA) is 84.9 Å². The predicted molar refractivity (Wildman–Crippen MR) is 84.7 cm³/mol. The van der Waals surface area contributed by atoms with Gasteiger partial charge < -0.3 is 14.8 Å². The summed E-state index contributed by atoms with van der Waals surface area (Å²) >= 11 is 0. The van der Waals surface area contributed by atoms with Crippen molar-refractivity contribution in [2.75, 3.05) is 13.7 Å². The maximum absolute atomic E-state index is 12.5. The number of rotatable bonds is 4. The van der Waals surface area contributed by atoms with Crippen LogP contribution in [-0.4, -0.2) is 54.2 Å². The quantitative estimate of drug-likeness (QED) is 0.794. The zero-order valence-electron chi connectivity index (χ0n) is 14.8. The Balaban J connectivity index is 2.77. The molecule has 1 saturated heterocycles.